The first-order chi connectivity index (χ1) is 12.6. The molecule has 1 fully saturated rings. The van der Waals surface area contributed by atoms with Gasteiger partial charge in [-0.1, -0.05) is 6.92 Å². The molecule has 1 aliphatic carbocycles. The van der Waals surface area contributed by atoms with Crippen molar-refractivity contribution < 1.29 is 19.1 Å². The molecule has 1 amide bonds. The Kier molecular flexibility index (Phi) is 9.70. The average molecular weight is 386 g/mol. The SMILES string of the molecule is CCN(C(C)C)[C@@H]1CC[C@H](NN(CC=O)C(=O)OC(C)(C)C)[C@H](COC)C1. The van der Waals surface area contributed by atoms with Crippen molar-refractivity contribution in [3.8, 4) is 0 Å². The normalized spacial score (nSPS) is 23.5. The van der Waals surface area contributed by atoms with E-state index in [1.165, 1.54) is 5.01 Å². The topological polar surface area (TPSA) is 71.1 Å². The molecule has 7 heteroatoms. The zero-order chi connectivity index (χ0) is 20.6. The molecule has 0 heterocycles. The molecular formula is C20H39N3O4. The van der Waals surface area contributed by atoms with Crippen LogP contribution in [0.25, 0.3) is 0 Å². The number of methoxy groups -OCH3 is 1. The summed E-state index contributed by atoms with van der Waals surface area (Å²) in [5.41, 5.74) is 2.64. The molecular weight excluding hydrogens is 346 g/mol. The second-order valence-corrected chi connectivity index (χ2v) is 8.60. The summed E-state index contributed by atoms with van der Waals surface area (Å²) in [4.78, 5) is 26.0. The molecule has 0 aromatic carbocycles. The highest BCUT2D eigenvalue weighted by molar-refractivity contribution is 5.71. The minimum absolute atomic E-state index is 0.0401. The van der Waals surface area contributed by atoms with Crippen molar-refractivity contribution in [3.63, 3.8) is 0 Å². The van der Waals surface area contributed by atoms with Crippen molar-refractivity contribution >= 4 is 12.4 Å². The van der Waals surface area contributed by atoms with Crippen LogP contribution in [-0.4, -0.2) is 72.8 Å². The maximum atomic E-state index is 12.4. The molecule has 0 aromatic rings. The first kappa shape index (κ1) is 23.9. The number of rotatable bonds is 9. The number of nitrogens with zero attached hydrogens (tertiary/aromatic N) is 2. The smallest absolute Gasteiger partial charge is 0.425 e. The van der Waals surface area contributed by atoms with Gasteiger partial charge in [0.05, 0.1) is 13.2 Å². The first-order valence-electron chi connectivity index (χ1n) is 10.1. The number of hydrogen-bond donors (Lipinski definition) is 1. The summed E-state index contributed by atoms with van der Waals surface area (Å²) in [6.45, 7) is 13.7. The van der Waals surface area contributed by atoms with Crippen LogP contribution in [0.5, 0.6) is 0 Å². The van der Waals surface area contributed by atoms with E-state index in [1.54, 1.807) is 7.11 Å². The van der Waals surface area contributed by atoms with E-state index in [9.17, 15) is 9.59 Å². The lowest BCUT2D eigenvalue weighted by atomic mass is 9.81. The molecule has 1 N–H and O–H groups in total. The van der Waals surface area contributed by atoms with Gasteiger partial charge in [0.25, 0.3) is 0 Å². The molecule has 158 valence electrons. The van der Waals surface area contributed by atoms with Crippen LogP contribution < -0.4 is 5.43 Å². The van der Waals surface area contributed by atoms with Crippen molar-refractivity contribution in [1.82, 2.24) is 15.3 Å². The molecule has 1 saturated carbocycles. The molecule has 1 aliphatic rings. The van der Waals surface area contributed by atoms with Crippen LogP contribution in [0.3, 0.4) is 0 Å². The summed E-state index contributed by atoms with van der Waals surface area (Å²) in [5, 5.41) is 1.30. The quantitative estimate of drug-likeness (QED) is 0.486. The lowest BCUT2D eigenvalue weighted by molar-refractivity contribution is -0.110. The van der Waals surface area contributed by atoms with Crippen LogP contribution >= 0.6 is 0 Å². The third-order valence-corrected chi connectivity index (χ3v) is 5.03. The van der Waals surface area contributed by atoms with Gasteiger partial charge in [0, 0.05) is 31.2 Å². The Balaban J connectivity index is 2.83. The van der Waals surface area contributed by atoms with E-state index < -0.39 is 11.7 Å². The Hall–Kier alpha value is -1.18. The number of carbonyl (C=O) groups excluding carboxylic acids is 2. The monoisotopic (exact) mass is 385 g/mol. The van der Waals surface area contributed by atoms with Crippen LogP contribution in [0.4, 0.5) is 4.79 Å². The van der Waals surface area contributed by atoms with Crippen molar-refractivity contribution in [3.05, 3.63) is 0 Å². The summed E-state index contributed by atoms with van der Waals surface area (Å²) in [6, 6.07) is 1.08. The molecule has 0 aromatic heterocycles. The molecule has 0 spiro atoms. The molecule has 7 nitrogen and oxygen atoms in total. The van der Waals surface area contributed by atoms with Crippen LogP contribution in [0.1, 0.15) is 60.8 Å². The Labute approximate surface area is 164 Å². The van der Waals surface area contributed by atoms with Gasteiger partial charge in [0.15, 0.2) is 0 Å². The van der Waals surface area contributed by atoms with Gasteiger partial charge in [-0.25, -0.2) is 15.2 Å². The number of hydrazine groups is 1. The van der Waals surface area contributed by atoms with Gasteiger partial charge in [-0.2, -0.15) is 0 Å². The van der Waals surface area contributed by atoms with Crippen LogP contribution in [0, 0.1) is 5.92 Å². The fourth-order valence-corrected chi connectivity index (χ4v) is 3.93. The van der Waals surface area contributed by atoms with Crippen molar-refractivity contribution in [2.45, 2.75) is 84.5 Å². The lowest BCUT2D eigenvalue weighted by Crippen LogP contribution is -2.56. The van der Waals surface area contributed by atoms with E-state index in [0.29, 0.717) is 25.0 Å². The molecule has 0 saturated heterocycles. The number of hydrogen-bond acceptors (Lipinski definition) is 6. The van der Waals surface area contributed by atoms with Gasteiger partial charge >= 0.3 is 6.09 Å². The molecule has 0 unspecified atom stereocenters. The molecule has 27 heavy (non-hydrogen) atoms. The zero-order valence-corrected chi connectivity index (χ0v) is 18.2. The van der Waals surface area contributed by atoms with Gasteiger partial charge in [-0.15, -0.1) is 0 Å². The van der Waals surface area contributed by atoms with E-state index in [4.69, 9.17) is 9.47 Å². The zero-order valence-electron chi connectivity index (χ0n) is 18.2. The minimum Gasteiger partial charge on any atom is -0.443 e. The van der Waals surface area contributed by atoms with E-state index in [1.807, 2.05) is 20.8 Å². The van der Waals surface area contributed by atoms with E-state index in [2.05, 4.69) is 31.1 Å². The molecule has 0 aliphatic heterocycles. The Bertz CT molecular complexity index is 465. The fourth-order valence-electron chi connectivity index (χ4n) is 3.93. The number of nitrogens with one attached hydrogen (secondary N) is 1. The summed E-state index contributed by atoms with van der Waals surface area (Å²) >= 11 is 0. The second kappa shape index (κ2) is 11.0. The fraction of sp³-hybridized carbons (Fsp3) is 0.900. The molecule has 3 atom stereocenters. The van der Waals surface area contributed by atoms with Gasteiger partial charge in [0.2, 0.25) is 0 Å². The first-order valence-corrected chi connectivity index (χ1v) is 10.1. The number of carbonyl (C=O) groups is 2. The standard InChI is InChI=1S/C20H39N3O4/c1-8-22(15(2)3)17-9-10-18(16(13-17)14-26-7)21-23(11-12-24)19(25)27-20(4,5)6/h12,15-18,21H,8-11,13-14H2,1-7H3/t16-,17+,18-/m0/s1. The largest absolute Gasteiger partial charge is 0.443 e. The van der Waals surface area contributed by atoms with Crippen LogP contribution in [0.15, 0.2) is 0 Å². The highest BCUT2D eigenvalue weighted by atomic mass is 16.6. The predicted molar refractivity (Wildman–Crippen MR) is 106 cm³/mol. The predicted octanol–water partition coefficient (Wildman–Crippen LogP) is 2.84. The Morgan fingerprint density at radius 2 is 1.96 bits per heavy atom. The maximum Gasteiger partial charge on any atom is 0.425 e. The van der Waals surface area contributed by atoms with E-state index >= 15 is 0 Å². The van der Waals surface area contributed by atoms with E-state index in [-0.39, 0.29) is 18.5 Å². The van der Waals surface area contributed by atoms with Gasteiger partial charge in [-0.05, 0) is 60.4 Å². The van der Waals surface area contributed by atoms with Crippen LogP contribution in [0.2, 0.25) is 0 Å². The third-order valence-electron chi connectivity index (χ3n) is 5.03. The lowest BCUT2D eigenvalue weighted by Gasteiger charge is -2.44. The summed E-state index contributed by atoms with van der Waals surface area (Å²) in [5.74, 6) is 0.262. The number of amides is 1. The minimum atomic E-state index is -0.609. The Morgan fingerprint density at radius 3 is 2.44 bits per heavy atom. The highest BCUT2D eigenvalue weighted by Gasteiger charge is 2.35. The Morgan fingerprint density at radius 1 is 1.30 bits per heavy atom. The average Bonchev–Trinajstić information content (AvgIpc) is 2.55. The molecule has 0 radical (unpaired) electrons. The second-order valence-electron chi connectivity index (χ2n) is 8.60. The third kappa shape index (κ3) is 7.76. The van der Waals surface area contributed by atoms with Gasteiger partial charge in [0.1, 0.15) is 11.9 Å². The molecule has 0 bridgehead atoms. The van der Waals surface area contributed by atoms with E-state index in [0.717, 1.165) is 25.8 Å². The van der Waals surface area contributed by atoms with Crippen molar-refractivity contribution in [1.29, 1.82) is 0 Å². The van der Waals surface area contributed by atoms with Crippen molar-refractivity contribution in [2.24, 2.45) is 5.92 Å². The summed E-state index contributed by atoms with van der Waals surface area (Å²) < 4.78 is 10.9. The maximum absolute atomic E-state index is 12.4. The van der Waals surface area contributed by atoms with Gasteiger partial charge < -0.3 is 14.3 Å². The molecule has 1 rings (SSSR count). The van der Waals surface area contributed by atoms with Gasteiger partial charge in [-0.3, -0.25) is 4.90 Å². The van der Waals surface area contributed by atoms with Crippen LogP contribution in [-0.2, 0) is 14.3 Å². The number of aldehydes is 1. The summed E-state index contributed by atoms with van der Waals surface area (Å²) in [6.07, 6.45) is 3.16. The summed E-state index contributed by atoms with van der Waals surface area (Å²) in [7, 11) is 1.71. The van der Waals surface area contributed by atoms with Crippen molar-refractivity contribution in [2.75, 3.05) is 26.8 Å². The highest BCUT2D eigenvalue weighted by Crippen LogP contribution is 2.30. The number of ether oxygens (including phenoxy) is 2.